The Hall–Kier alpha value is -1.31. The van der Waals surface area contributed by atoms with Gasteiger partial charge in [-0.05, 0) is 18.4 Å². The van der Waals surface area contributed by atoms with Gasteiger partial charge >= 0.3 is 5.97 Å². The second kappa shape index (κ2) is 7.47. The molecule has 2 N–H and O–H groups in total. The quantitative estimate of drug-likeness (QED) is 0.792. The van der Waals surface area contributed by atoms with E-state index in [2.05, 4.69) is 5.16 Å². The molecule has 20 heavy (non-hydrogen) atoms. The fraction of sp³-hybridized carbons (Fsp3) is 0.385. The van der Waals surface area contributed by atoms with Gasteiger partial charge in [0, 0.05) is 17.6 Å². The van der Waals surface area contributed by atoms with Gasteiger partial charge in [-0.25, -0.2) is 0 Å². The van der Waals surface area contributed by atoms with Gasteiger partial charge in [-0.1, -0.05) is 11.2 Å². The Morgan fingerprint density at radius 2 is 2.50 bits per heavy atom. The Labute approximate surface area is 125 Å². The summed E-state index contributed by atoms with van der Waals surface area (Å²) in [5, 5.41) is 5.99. The van der Waals surface area contributed by atoms with E-state index >= 15 is 0 Å². The molecule has 1 atom stereocenters. The molecule has 0 fully saturated rings. The number of ether oxygens (including phenoxy) is 1. The van der Waals surface area contributed by atoms with Crippen molar-refractivity contribution in [2.24, 2.45) is 5.73 Å². The fourth-order valence-electron chi connectivity index (χ4n) is 1.52. The first-order valence-electron chi connectivity index (χ1n) is 6.20. The minimum absolute atomic E-state index is 0.352. The molecule has 0 radical (unpaired) electrons. The van der Waals surface area contributed by atoms with Crippen LogP contribution >= 0.6 is 23.1 Å². The summed E-state index contributed by atoms with van der Waals surface area (Å²) in [6, 6.07) is 5.27. The lowest BCUT2D eigenvalue weighted by atomic mass is 10.3. The van der Waals surface area contributed by atoms with E-state index in [9.17, 15) is 4.79 Å². The maximum atomic E-state index is 11.4. The first kappa shape index (κ1) is 15.1. The predicted molar refractivity (Wildman–Crippen MR) is 80.6 cm³/mol. The molecule has 0 amide bonds. The van der Waals surface area contributed by atoms with Crippen LogP contribution in [0.2, 0.25) is 0 Å². The molecule has 0 saturated heterocycles. The standard InChI is InChI=1S/C13H16N2O3S2/c1-2-17-13(16)10(14)8-19-7-9-6-11(18-15-9)12-4-3-5-20-12/h3-6,10H,2,7-8,14H2,1H3. The number of carbonyl (C=O) groups excluding carboxylic acids is 1. The van der Waals surface area contributed by atoms with Crippen LogP contribution in [-0.4, -0.2) is 29.5 Å². The molecule has 108 valence electrons. The van der Waals surface area contributed by atoms with Crippen molar-refractivity contribution in [2.75, 3.05) is 12.4 Å². The average Bonchev–Trinajstić information content (AvgIpc) is 3.09. The van der Waals surface area contributed by atoms with Crippen molar-refractivity contribution >= 4 is 29.1 Å². The highest BCUT2D eigenvalue weighted by Crippen LogP contribution is 2.26. The van der Waals surface area contributed by atoms with Crippen LogP contribution in [0.15, 0.2) is 28.1 Å². The summed E-state index contributed by atoms with van der Waals surface area (Å²) < 4.78 is 10.1. The van der Waals surface area contributed by atoms with Gasteiger partial charge in [0.1, 0.15) is 6.04 Å². The second-order valence-electron chi connectivity index (χ2n) is 4.03. The van der Waals surface area contributed by atoms with E-state index in [4.69, 9.17) is 15.0 Å². The third-order valence-corrected chi connectivity index (χ3v) is 4.44. The summed E-state index contributed by atoms with van der Waals surface area (Å²) in [7, 11) is 0. The number of nitrogens with two attached hydrogens (primary N) is 1. The normalized spacial score (nSPS) is 12.3. The molecule has 2 aromatic heterocycles. The lowest BCUT2D eigenvalue weighted by Crippen LogP contribution is -2.34. The van der Waals surface area contributed by atoms with Gasteiger partial charge in [-0.15, -0.1) is 11.3 Å². The zero-order valence-corrected chi connectivity index (χ0v) is 12.7. The minimum atomic E-state index is -0.594. The number of rotatable bonds is 7. The first-order valence-corrected chi connectivity index (χ1v) is 8.23. The number of esters is 1. The Balaban J connectivity index is 1.79. The van der Waals surface area contributed by atoms with Gasteiger partial charge in [0.25, 0.3) is 0 Å². The molecule has 2 aromatic rings. The topological polar surface area (TPSA) is 78.4 Å². The highest BCUT2D eigenvalue weighted by atomic mass is 32.2. The van der Waals surface area contributed by atoms with E-state index in [0.29, 0.717) is 18.1 Å². The maximum Gasteiger partial charge on any atom is 0.323 e. The zero-order valence-electron chi connectivity index (χ0n) is 11.1. The lowest BCUT2D eigenvalue weighted by Gasteiger charge is -2.08. The number of hydrogen-bond donors (Lipinski definition) is 1. The van der Waals surface area contributed by atoms with Crippen LogP contribution in [0.3, 0.4) is 0 Å². The van der Waals surface area contributed by atoms with Gasteiger partial charge < -0.3 is 15.0 Å². The molecule has 0 bridgehead atoms. The SMILES string of the molecule is CCOC(=O)C(N)CSCc1cc(-c2cccs2)on1. The number of thioether (sulfide) groups is 1. The van der Waals surface area contributed by atoms with E-state index in [-0.39, 0.29) is 5.97 Å². The van der Waals surface area contributed by atoms with E-state index < -0.39 is 6.04 Å². The molecule has 2 rings (SSSR count). The molecule has 2 heterocycles. The summed E-state index contributed by atoms with van der Waals surface area (Å²) in [5.74, 6) is 1.56. The van der Waals surface area contributed by atoms with Crippen LogP contribution < -0.4 is 5.73 Å². The smallest absolute Gasteiger partial charge is 0.323 e. The molecule has 1 unspecified atom stereocenters. The van der Waals surface area contributed by atoms with Crippen LogP contribution in [-0.2, 0) is 15.3 Å². The molecule has 0 aliphatic rings. The zero-order chi connectivity index (χ0) is 14.4. The predicted octanol–water partition coefficient (Wildman–Crippen LogP) is 2.53. The largest absolute Gasteiger partial charge is 0.465 e. The van der Waals surface area contributed by atoms with Gasteiger partial charge in [0.15, 0.2) is 5.76 Å². The van der Waals surface area contributed by atoms with Gasteiger partial charge in [0.2, 0.25) is 0 Å². The number of carbonyl (C=O) groups is 1. The number of aromatic nitrogens is 1. The molecule has 0 aliphatic carbocycles. The molecule has 0 aromatic carbocycles. The summed E-state index contributed by atoms with van der Waals surface area (Å²) in [6.45, 7) is 2.11. The van der Waals surface area contributed by atoms with E-state index in [1.807, 2.05) is 23.6 Å². The van der Waals surface area contributed by atoms with Crippen molar-refractivity contribution in [1.29, 1.82) is 0 Å². The molecule has 7 heteroatoms. The molecular weight excluding hydrogens is 296 g/mol. The maximum absolute atomic E-state index is 11.4. The minimum Gasteiger partial charge on any atom is -0.465 e. The van der Waals surface area contributed by atoms with Crippen LogP contribution in [0.4, 0.5) is 0 Å². The summed E-state index contributed by atoms with van der Waals surface area (Å²) in [5.41, 5.74) is 6.55. The average molecular weight is 312 g/mol. The highest BCUT2D eigenvalue weighted by Gasteiger charge is 2.15. The van der Waals surface area contributed by atoms with Gasteiger partial charge in [-0.3, -0.25) is 4.79 Å². The van der Waals surface area contributed by atoms with Crippen molar-refractivity contribution in [2.45, 2.75) is 18.7 Å². The second-order valence-corrected chi connectivity index (χ2v) is 6.01. The Morgan fingerprint density at radius 1 is 1.65 bits per heavy atom. The Bertz CT molecular complexity index is 540. The van der Waals surface area contributed by atoms with Crippen LogP contribution in [0.25, 0.3) is 10.6 Å². The van der Waals surface area contributed by atoms with E-state index in [1.54, 1.807) is 18.3 Å². The Morgan fingerprint density at radius 3 is 3.20 bits per heavy atom. The van der Waals surface area contributed by atoms with Gasteiger partial charge in [0.05, 0.1) is 17.2 Å². The lowest BCUT2D eigenvalue weighted by molar-refractivity contribution is -0.144. The number of thiophene rings is 1. The molecule has 0 aliphatic heterocycles. The third kappa shape index (κ3) is 4.09. The van der Waals surface area contributed by atoms with Crippen LogP contribution in [0.5, 0.6) is 0 Å². The van der Waals surface area contributed by atoms with Crippen molar-refractivity contribution in [3.63, 3.8) is 0 Å². The Kier molecular flexibility index (Phi) is 5.63. The third-order valence-electron chi connectivity index (χ3n) is 2.46. The number of hydrogen-bond acceptors (Lipinski definition) is 7. The molecular formula is C13H16N2O3S2. The van der Waals surface area contributed by atoms with E-state index in [1.165, 1.54) is 11.8 Å². The number of nitrogens with zero attached hydrogens (tertiary/aromatic N) is 1. The summed E-state index contributed by atoms with van der Waals surface area (Å²) in [6.07, 6.45) is 0. The van der Waals surface area contributed by atoms with Crippen molar-refractivity contribution in [3.05, 3.63) is 29.3 Å². The molecule has 0 spiro atoms. The van der Waals surface area contributed by atoms with Crippen molar-refractivity contribution in [1.82, 2.24) is 5.16 Å². The van der Waals surface area contributed by atoms with Crippen molar-refractivity contribution < 1.29 is 14.1 Å². The summed E-state index contributed by atoms with van der Waals surface area (Å²) in [4.78, 5) is 12.4. The monoisotopic (exact) mass is 312 g/mol. The highest BCUT2D eigenvalue weighted by molar-refractivity contribution is 7.98. The summed E-state index contributed by atoms with van der Waals surface area (Å²) >= 11 is 3.14. The fourth-order valence-corrected chi connectivity index (χ4v) is 3.05. The van der Waals surface area contributed by atoms with Crippen LogP contribution in [0, 0.1) is 0 Å². The molecule has 5 nitrogen and oxygen atoms in total. The van der Waals surface area contributed by atoms with E-state index in [0.717, 1.165) is 16.3 Å². The molecule has 0 saturated carbocycles. The van der Waals surface area contributed by atoms with Crippen molar-refractivity contribution in [3.8, 4) is 10.6 Å². The van der Waals surface area contributed by atoms with Crippen LogP contribution in [0.1, 0.15) is 12.6 Å². The van der Waals surface area contributed by atoms with Gasteiger partial charge in [-0.2, -0.15) is 11.8 Å². The first-order chi connectivity index (χ1) is 9.70.